The highest BCUT2D eigenvalue weighted by Crippen LogP contribution is 2.48. The van der Waals surface area contributed by atoms with E-state index in [4.69, 9.17) is 9.88 Å². The number of β-lactam (4-membered cyclic amide) rings is 1. The SMILES string of the molecule is CC(C)[C@H]1C(=O)N2C(C(=O)OC(=O)c3ccc([N+](=O)[O-])cc3)=C(CN3CCNC(CNS(N)(=O)=O)C3)[C@H](C)[C@H]12. The lowest BCUT2D eigenvalue weighted by molar-refractivity contribution is -0.384. The molecule has 3 aliphatic rings. The zero-order valence-electron chi connectivity index (χ0n) is 21.8. The predicted octanol–water partition coefficient (Wildman–Crippen LogP) is -0.268. The topological polar surface area (TPSA) is 194 Å². The molecule has 4 rings (SSSR count). The second kappa shape index (κ2) is 11.1. The third kappa shape index (κ3) is 6.01. The normalized spacial score (nSPS) is 25.5. The number of esters is 2. The molecule has 212 valence electrons. The van der Waals surface area contributed by atoms with Gasteiger partial charge in [0.25, 0.3) is 15.9 Å². The molecule has 0 spiro atoms. The standard InChI is InChI=1S/C24H32N6O8S/c1-13(2)19-20-14(3)18(12-28-9-8-26-16(11-28)10-27-39(25,36)37)21(29(20)22(19)31)24(33)38-23(32)15-4-6-17(7-5-15)30(34)35/h4-7,13-14,16,19-20,26-27H,8-12H2,1-3H3,(H2,25,36,37)/t14-,16?,19+,20+/m0/s1. The fourth-order valence-electron chi connectivity index (χ4n) is 5.57. The Morgan fingerprint density at radius 2 is 1.92 bits per heavy atom. The minimum atomic E-state index is -3.85. The van der Waals surface area contributed by atoms with Crippen molar-refractivity contribution in [1.82, 2.24) is 19.8 Å². The van der Waals surface area contributed by atoms with Crippen LogP contribution in [0.5, 0.6) is 0 Å². The van der Waals surface area contributed by atoms with E-state index in [1.54, 1.807) is 0 Å². The molecule has 0 saturated carbocycles. The van der Waals surface area contributed by atoms with Crippen LogP contribution in [0.4, 0.5) is 5.69 Å². The Balaban J connectivity index is 1.56. The van der Waals surface area contributed by atoms with Crippen molar-refractivity contribution in [3.63, 3.8) is 0 Å². The predicted molar refractivity (Wildman–Crippen MR) is 138 cm³/mol. The van der Waals surface area contributed by atoms with E-state index in [9.17, 15) is 32.9 Å². The highest BCUT2D eigenvalue weighted by atomic mass is 32.2. The molecule has 3 aliphatic heterocycles. The summed E-state index contributed by atoms with van der Waals surface area (Å²) < 4.78 is 30.0. The van der Waals surface area contributed by atoms with Gasteiger partial charge in [-0.05, 0) is 23.6 Å². The summed E-state index contributed by atoms with van der Waals surface area (Å²) in [5, 5.41) is 19.2. The average molecular weight is 565 g/mol. The van der Waals surface area contributed by atoms with Gasteiger partial charge in [-0.1, -0.05) is 20.8 Å². The number of non-ortho nitro benzene ring substituents is 1. The molecular formula is C24H32N6O8S. The fraction of sp³-hybridized carbons (Fsp3) is 0.542. The van der Waals surface area contributed by atoms with Gasteiger partial charge in [0.15, 0.2) is 0 Å². The number of nitrogens with two attached hydrogens (primary N) is 1. The third-order valence-electron chi connectivity index (χ3n) is 7.47. The van der Waals surface area contributed by atoms with E-state index in [2.05, 4.69) is 10.0 Å². The minimum absolute atomic E-state index is 0.0407. The first-order valence-electron chi connectivity index (χ1n) is 12.6. The fourth-order valence-corrected chi connectivity index (χ4v) is 6.01. The summed E-state index contributed by atoms with van der Waals surface area (Å²) in [5.41, 5.74) is 0.455. The van der Waals surface area contributed by atoms with E-state index in [0.717, 1.165) is 12.1 Å². The van der Waals surface area contributed by atoms with Gasteiger partial charge in [0.05, 0.1) is 22.4 Å². The number of amides is 1. The van der Waals surface area contributed by atoms with Gasteiger partial charge in [0.2, 0.25) is 5.91 Å². The molecule has 3 heterocycles. The Morgan fingerprint density at radius 1 is 1.26 bits per heavy atom. The van der Waals surface area contributed by atoms with Crippen LogP contribution in [-0.2, 0) is 24.5 Å². The molecule has 0 aliphatic carbocycles. The summed E-state index contributed by atoms with van der Waals surface area (Å²) in [6.07, 6.45) is 0. The number of rotatable bonds is 9. The molecule has 2 fully saturated rings. The number of ether oxygens (including phenoxy) is 1. The monoisotopic (exact) mass is 564 g/mol. The Bertz CT molecular complexity index is 1310. The van der Waals surface area contributed by atoms with Gasteiger partial charge < -0.3 is 15.0 Å². The van der Waals surface area contributed by atoms with Crippen LogP contribution < -0.4 is 15.2 Å². The number of carbonyl (C=O) groups excluding carboxylic acids is 3. The second-order valence-corrected chi connectivity index (χ2v) is 11.8. The van der Waals surface area contributed by atoms with E-state index >= 15 is 0 Å². The molecular weight excluding hydrogens is 532 g/mol. The third-order valence-corrected chi connectivity index (χ3v) is 8.04. The van der Waals surface area contributed by atoms with Gasteiger partial charge in [0, 0.05) is 56.8 Å². The first kappa shape index (κ1) is 28.8. The molecule has 1 aromatic rings. The molecule has 1 unspecified atom stereocenters. The highest BCUT2D eigenvalue weighted by Gasteiger charge is 2.59. The number of carbonyl (C=O) groups is 3. The highest BCUT2D eigenvalue weighted by molar-refractivity contribution is 7.87. The largest absolute Gasteiger partial charge is 0.385 e. The number of hydrogen-bond donors (Lipinski definition) is 3. The van der Waals surface area contributed by atoms with Gasteiger partial charge in [-0.25, -0.2) is 19.5 Å². The smallest absolute Gasteiger partial charge is 0.362 e. The van der Waals surface area contributed by atoms with Crippen molar-refractivity contribution < 1.29 is 32.5 Å². The second-order valence-electron chi connectivity index (χ2n) is 10.4. The number of benzene rings is 1. The summed E-state index contributed by atoms with van der Waals surface area (Å²) in [6, 6.07) is 4.20. The Kier molecular flexibility index (Phi) is 8.18. The van der Waals surface area contributed by atoms with Gasteiger partial charge >= 0.3 is 11.9 Å². The van der Waals surface area contributed by atoms with Crippen molar-refractivity contribution in [2.75, 3.05) is 32.7 Å². The lowest BCUT2D eigenvalue weighted by atomic mass is 9.74. The van der Waals surface area contributed by atoms with Crippen LogP contribution in [0.15, 0.2) is 35.5 Å². The van der Waals surface area contributed by atoms with Crippen LogP contribution in [0.25, 0.3) is 0 Å². The molecule has 2 saturated heterocycles. The number of nitro benzene ring substituents is 1. The van der Waals surface area contributed by atoms with Gasteiger partial charge in [-0.15, -0.1) is 0 Å². The maximum absolute atomic E-state index is 13.4. The molecule has 0 bridgehead atoms. The maximum atomic E-state index is 13.4. The molecule has 0 aromatic heterocycles. The summed E-state index contributed by atoms with van der Waals surface area (Å²) >= 11 is 0. The minimum Gasteiger partial charge on any atom is -0.385 e. The zero-order valence-corrected chi connectivity index (χ0v) is 22.6. The molecule has 14 nitrogen and oxygen atoms in total. The van der Waals surface area contributed by atoms with Crippen LogP contribution in [0.2, 0.25) is 0 Å². The number of hydrogen-bond acceptors (Lipinski definition) is 10. The van der Waals surface area contributed by atoms with Crippen LogP contribution in [-0.4, -0.2) is 85.8 Å². The maximum Gasteiger partial charge on any atom is 0.362 e. The van der Waals surface area contributed by atoms with Crippen molar-refractivity contribution >= 4 is 33.7 Å². The lowest BCUT2D eigenvalue weighted by Crippen LogP contribution is -2.62. The van der Waals surface area contributed by atoms with Gasteiger partial charge in [-0.3, -0.25) is 19.8 Å². The lowest BCUT2D eigenvalue weighted by Gasteiger charge is -2.47. The van der Waals surface area contributed by atoms with E-state index in [1.807, 2.05) is 25.7 Å². The Hall–Kier alpha value is -3.24. The first-order chi connectivity index (χ1) is 18.3. The van der Waals surface area contributed by atoms with Crippen molar-refractivity contribution in [2.24, 2.45) is 22.9 Å². The van der Waals surface area contributed by atoms with E-state index in [-0.39, 0.29) is 59.2 Å². The van der Waals surface area contributed by atoms with E-state index in [0.29, 0.717) is 31.8 Å². The van der Waals surface area contributed by atoms with E-state index in [1.165, 1.54) is 17.0 Å². The van der Waals surface area contributed by atoms with Crippen molar-refractivity contribution in [1.29, 1.82) is 0 Å². The summed E-state index contributed by atoms with van der Waals surface area (Å²) in [6.45, 7) is 7.86. The summed E-state index contributed by atoms with van der Waals surface area (Å²) in [4.78, 5) is 52.9. The van der Waals surface area contributed by atoms with Crippen molar-refractivity contribution in [2.45, 2.75) is 32.9 Å². The van der Waals surface area contributed by atoms with Gasteiger partial charge in [0.1, 0.15) is 5.70 Å². The molecule has 1 amide bonds. The molecule has 39 heavy (non-hydrogen) atoms. The van der Waals surface area contributed by atoms with E-state index < -0.39 is 27.1 Å². The van der Waals surface area contributed by atoms with Crippen LogP contribution >= 0.6 is 0 Å². The van der Waals surface area contributed by atoms with Crippen molar-refractivity contribution in [3.05, 3.63) is 51.2 Å². The number of nitro groups is 1. The first-order valence-corrected chi connectivity index (χ1v) is 14.1. The molecule has 1 aromatic carbocycles. The Labute approximate surface area is 225 Å². The number of fused-ring (bicyclic) bond motifs is 1. The zero-order chi connectivity index (χ0) is 28.6. The average Bonchev–Trinajstić information content (AvgIpc) is 3.10. The van der Waals surface area contributed by atoms with Gasteiger partial charge in [-0.2, -0.15) is 8.42 Å². The molecule has 4 N–H and O–H groups in total. The molecule has 0 radical (unpaired) electrons. The molecule has 15 heteroatoms. The Morgan fingerprint density at radius 3 is 2.51 bits per heavy atom. The van der Waals surface area contributed by atoms with Crippen molar-refractivity contribution in [3.8, 4) is 0 Å². The quantitative estimate of drug-likeness (QED) is 0.118. The number of nitrogens with zero attached hydrogens (tertiary/aromatic N) is 3. The van der Waals surface area contributed by atoms with Crippen LogP contribution in [0.3, 0.4) is 0 Å². The van der Waals surface area contributed by atoms with Crippen LogP contribution in [0, 0.1) is 27.9 Å². The van der Waals surface area contributed by atoms with Crippen LogP contribution in [0.1, 0.15) is 31.1 Å². The summed E-state index contributed by atoms with van der Waals surface area (Å²) in [5.74, 6) is -2.55. The summed E-state index contributed by atoms with van der Waals surface area (Å²) in [7, 11) is -3.85. The molecule has 4 atom stereocenters. The number of nitrogens with one attached hydrogen (secondary N) is 2. The number of piperazine rings is 1.